The van der Waals surface area contributed by atoms with Gasteiger partial charge in [-0.25, -0.2) is 9.59 Å². The molecule has 0 aliphatic rings. The predicted molar refractivity (Wildman–Crippen MR) is 135 cm³/mol. The van der Waals surface area contributed by atoms with Gasteiger partial charge in [-0.1, -0.05) is 24.3 Å². The number of carbonyl (C=O) groups excluding carboxylic acids is 1. The van der Waals surface area contributed by atoms with Crippen LogP contribution in [0.15, 0.2) is 66.7 Å². The van der Waals surface area contributed by atoms with Crippen LogP contribution < -0.4 is 24.8 Å². The van der Waals surface area contributed by atoms with Gasteiger partial charge >= 0.3 is 12.0 Å². The van der Waals surface area contributed by atoms with Gasteiger partial charge in [-0.3, -0.25) is 0 Å². The summed E-state index contributed by atoms with van der Waals surface area (Å²) in [5.41, 5.74) is 2.09. The number of benzene rings is 3. The maximum absolute atomic E-state index is 12.5. The van der Waals surface area contributed by atoms with E-state index in [1.54, 1.807) is 44.6 Å². The third kappa shape index (κ3) is 7.40. The quantitative estimate of drug-likeness (QED) is 0.361. The lowest BCUT2D eigenvalue weighted by molar-refractivity contribution is -0.152. The molecule has 0 aromatic heterocycles. The first-order valence-electron chi connectivity index (χ1n) is 11.1. The number of aliphatic carboxylic acids is 1. The molecule has 3 aromatic carbocycles. The van der Waals surface area contributed by atoms with E-state index in [1.165, 1.54) is 13.8 Å². The minimum absolute atomic E-state index is 0.377. The molecular weight excluding hydrogens is 448 g/mol. The fourth-order valence-corrected chi connectivity index (χ4v) is 3.33. The Morgan fingerprint density at radius 3 is 1.97 bits per heavy atom. The molecule has 0 fully saturated rings. The Morgan fingerprint density at radius 2 is 1.37 bits per heavy atom. The Kier molecular flexibility index (Phi) is 8.20. The van der Waals surface area contributed by atoms with Gasteiger partial charge in [-0.2, -0.15) is 0 Å². The van der Waals surface area contributed by atoms with Gasteiger partial charge in [0.1, 0.15) is 17.2 Å². The first kappa shape index (κ1) is 25.4. The highest BCUT2D eigenvalue weighted by Crippen LogP contribution is 2.26. The Balaban J connectivity index is 1.56. The third-order valence-corrected chi connectivity index (χ3v) is 5.31. The largest absolute Gasteiger partial charge is 0.497 e. The number of nitrogens with one attached hydrogen (secondary N) is 2. The van der Waals surface area contributed by atoms with E-state index in [0.717, 1.165) is 24.0 Å². The Morgan fingerprint density at radius 1 is 0.771 bits per heavy atom. The molecule has 0 aliphatic heterocycles. The van der Waals surface area contributed by atoms with Crippen LogP contribution in [-0.4, -0.2) is 36.9 Å². The second-order valence-corrected chi connectivity index (χ2v) is 8.44. The van der Waals surface area contributed by atoms with Crippen molar-refractivity contribution in [2.75, 3.05) is 24.9 Å². The van der Waals surface area contributed by atoms with Crippen LogP contribution in [0.3, 0.4) is 0 Å². The van der Waals surface area contributed by atoms with Crippen molar-refractivity contribution in [1.82, 2.24) is 0 Å². The molecule has 0 saturated heterocycles. The van der Waals surface area contributed by atoms with Gasteiger partial charge < -0.3 is 30.0 Å². The van der Waals surface area contributed by atoms with Gasteiger partial charge in [-0.05, 0) is 62.1 Å². The number of hydrogen-bond donors (Lipinski definition) is 3. The summed E-state index contributed by atoms with van der Waals surface area (Å²) in [6, 6.07) is 19.8. The molecule has 3 N–H and O–H groups in total. The molecule has 8 nitrogen and oxygen atoms in total. The van der Waals surface area contributed by atoms with Crippen LogP contribution in [-0.2, 0) is 17.6 Å². The number of rotatable bonds is 10. The van der Waals surface area contributed by atoms with Gasteiger partial charge in [0.2, 0.25) is 0 Å². The lowest BCUT2D eigenvalue weighted by atomic mass is 10.0. The number of hydrogen-bond acceptors (Lipinski definition) is 5. The molecule has 8 heteroatoms. The highest BCUT2D eigenvalue weighted by molar-refractivity contribution is 6.00. The Bertz CT molecular complexity index is 1150. The van der Waals surface area contributed by atoms with Crippen LogP contribution in [0.2, 0.25) is 0 Å². The Hall–Kier alpha value is -4.20. The van der Waals surface area contributed by atoms with Crippen LogP contribution in [0.1, 0.15) is 25.0 Å². The summed E-state index contributed by atoms with van der Waals surface area (Å²) >= 11 is 0. The highest BCUT2D eigenvalue weighted by atomic mass is 16.5. The molecule has 0 aliphatic carbocycles. The van der Waals surface area contributed by atoms with E-state index >= 15 is 0 Å². The number of carbonyl (C=O) groups is 2. The second-order valence-electron chi connectivity index (χ2n) is 8.44. The molecule has 3 rings (SSSR count). The van der Waals surface area contributed by atoms with Crippen molar-refractivity contribution in [3.05, 3.63) is 77.9 Å². The molecule has 0 saturated carbocycles. The van der Waals surface area contributed by atoms with E-state index in [1.807, 2.05) is 36.4 Å². The smallest absolute Gasteiger partial charge is 0.347 e. The zero-order chi connectivity index (χ0) is 25.4. The SMILES string of the molecule is COc1cc(NC(=O)Nc2cccc(CCc3ccc(OC(C)(C)C(=O)O)cc3)c2)cc(OC)c1. The fraction of sp³-hybridized carbons (Fsp3) is 0.259. The van der Waals surface area contributed by atoms with E-state index in [4.69, 9.17) is 14.2 Å². The van der Waals surface area contributed by atoms with Crippen molar-refractivity contribution in [2.24, 2.45) is 0 Å². The summed E-state index contributed by atoms with van der Waals surface area (Å²) in [5, 5.41) is 14.8. The molecule has 35 heavy (non-hydrogen) atoms. The topological polar surface area (TPSA) is 106 Å². The van der Waals surface area contributed by atoms with Crippen molar-refractivity contribution in [3.8, 4) is 17.2 Å². The fourth-order valence-electron chi connectivity index (χ4n) is 3.33. The van der Waals surface area contributed by atoms with Crippen LogP contribution >= 0.6 is 0 Å². The number of ether oxygens (including phenoxy) is 3. The van der Waals surface area contributed by atoms with Gasteiger partial charge in [0.25, 0.3) is 0 Å². The van der Waals surface area contributed by atoms with Crippen molar-refractivity contribution < 1.29 is 28.9 Å². The molecule has 0 radical (unpaired) electrons. The molecule has 0 heterocycles. The van der Waals surface area contributed by atoms with Gasteiger partial charge in [0.15, 0.2) is 5.60 Å². The lowest BCUT2D eigenvalue weighted by Crippen LogP contribution is -2.37. The predicted octanol–water partition coefficient (Wildman–Crippen LogP) is 5.38. The van der Waals surface area contributed by atoms with Crippen LogP contribution in [0, 0.1) is 0 Å². The molecule has 0 spiro atoms. The number of urea groups is 1. The molecular formula is C27H30N2O6. The van der Waals surface area contributed by atoms with E-state index in [-0.39, 0.29) is 6.03 Å². The van der Waals surface area contributed by atoms with E-state index in [2.05, 4.69) is 10.6 Å². The summed E-state index contributed by atoms with van der Waals surface area (Å²) in [7, 11) is 3.10. The average Bonchev–Trinajstić information content (AvgIpc) is 2.83. The van der Waals surface area contributed by atoms with Crippen molar-refractivity contribution in [3.63, 3.8) is 0 Å². The van der Waals surface area contributed by atoms with Gasteiger partial charge in [0, 0.05) is 29.6 Å². The average molecular weight is 479 g/mol. The normalized spacial score (nSPS) is 10.9. The molecule has 0 unspecified atom stereocenters. The summed E-state index contributed by atoms with van der Waals surface area (Å²) in [6.07, 6.45) is 1.55. The maximum atomic E-state index is 12.5. The minimum atomic E-state index is -1.29. The number of carboxylic acid groups (broad SMARTS) is 1. The van der Waals surface area contributed by atoms with Crippen molar-refractivity contribution in [2.45, 2.75) is 32.3 Å². The standard InChI is InChI=1S/C27H30N2O6/c1-27(2,25(30)31)35-22-12-10-18(11-13-22)8-9-19-6-5-7-20(14-19)28-26(32)29-21-15-23(33-3)17-24(16-21)34-4/h5-7,10-17H,8-9H2,1-4H3,(H,30,31)(H2,28,29,32). The monoisotopic (exact) mass is 478 g/mol. The third-order valence-electron chi connectivity index (χ3n) is 5.31. The first-order valence-corrected chi connectivity index (χ1v) is 11.1. The van der Waals surface area contributed by atoms with E-state index < -0.39 is 11.6 Å². The molecule has 3 aromatic rings. The Labute approximate surface area is 204 Å². The van der Waals surface area contributed by atoms with Crippen molar-refractivity contribution in [1.29, 1.82) is 0 Å². The van der Waals surface area contributed by atoms with E-state index in [9.17, 15) is 14.7 Å². The highest BCUT2D eigenvalue weighted by Gasteiger charge is 2.29. The number of aryl methyl sites for hydroxylation is 2. The van der Waals surface area contributed by atoms with Crippen molar-refractivity contribution >= 4 is 23.4 Å². The number of amides is 2. The molecule has 2 amide bonds. The van der Waals surface area contributed by atoms with Crippen LogP contribution in [0.4, 0.5) is 16.2 Å². The summed E-state index contributed by atoms with van der Waals surface area (Å²) in [6.45, 7) is 3.02. The minimum Gasteiger partial charge on any atom is -0.497 e. The maximum Gasteiger partial charge on any atom is 0.347 e. The molecule has 0 atom stereocenters. The summed E-state index contributed by atoms with van der Waals surface area (Å²) < 4.78 is 16.0. The van der Waals surface area contributed by atoms with Crippen LogP contribution in [0.5, 0.6) is 17.2 Å². The number of methoxy groups -OCH3 is 2. The second kappa shape index (κ2) is 11.3. The van der Waals surface area contributed by atoms with Crippen LogP contribution in [0.25, 0.3) is 0 Å². The number of anilines is 2. The summed E-state index contributed by atoms with van der Waals surface area (Å²) in [5.74, 6) is 0.637. The van der Waals surface area contributed by atoms with E-state index in [0.29, 0.717) is 28.6 Å². The van der Waals surface area contributed by atoms with Gasteiger partial charge in [0.05, 0.1) is 14.2 Å². The summed E-state index contributed by atoms with van der Waals surface area (Å²) in [4.78, 5) is 23.7. The molecule has 0 bridgehead atoms. The lowest BCUT2D eigenvalue weighted by Gasteiger charge is -2.21. The molecule has 184 valence electrons. The zero-order valence-corrected chi connectivity index (χ0v) is 20.3. The first-order chi connectivity index (χ1) is 16.7. The number of carboxylic acids is 1. The van der Waals surface area contributed by atoms with Gasteiger partial charge in [-0.15, -0.1) is 0 Å². The zero-order valence-electron chi connectivity index (χ0n) is 20.3.